The number of nitrogens with one attached hydrogen (secondary N) is 1. The van der Waals surface area contributed by atoms with Gasteiger partial charge in [0.2, 0.25) is 5.88 Å². The van der Waals surface area contributed by atoms with E-state index in [9.17, 15) is 4.79 Å². The van der Waals surface area contributed by atoms with Crippen LogP contribution in [0.2, 0.25) is 0 Å². The first-order valence-corrected chi connectivity index (χ1v) is 9.47. The Morgan fingerprint density at radius 3 is 2.81 bits per heavy atom. The topological polar surface area (TPSA) is 77.2 Å². The number of furan rings is 1. The van der Waals surface area contributed by atoms with Gasteiger partial charge in [0.25, 0.3) is 5.91 Å². The Hall–Kier alpha value is -2.71. The Bertz CT molecular complexity index is 1070. The molecule has 3 aromatic heterocycles. The predicted molar refractivity (Wildman–Crippen MR) is 109 cm³/mol. The molecule has 0 atom stereocenters. The van der Waals surface area contributed by atoms with E-state index in [1.807, 2.05) is 32.0 Å². The number of rotatable bonds is 4. The molecule has 0 aliphatic carbocycles. The van der Waals surface area contributed by atoms with Gasteiger partial charge in [0.1, 0.15) is 15.7 Å². The summed E-state index contributed by atoms with van der Waals surface area (Å²) in [5, 5.41) is 3.43. The summed E-state index contributed by atoms with van der Waals surface area (Å²) < 4.78 is 12.0. The molecule has 1 amide bonds. The van der Waals surface area contributed by atoms with Crippen molar-refractivity contribution in [3.8, 4) is 17.0 Å². The quantitative estimate of drug-likeness (QED) is 0.523. The molecule has 4 rings (SSSR count). The third-order valence-electron chi connectivity index (χ3n) is 3.76. The second-order valence-electron chi connectivity index (χ2n) is 6.16. The van der Waals surface area contributed by atoms with Crippen molar-refractivity contribution in [2.75, 3.05) is 0 Å². The van der Waals surface area contributed by atoms with Gasteiger partial charge in [-0.05, 0) is 26.0 Å². The van der Waals surface area contributed by atoms with Gasteiger partial charge in [0.05, 0.1) is 11.0 Å². The molecule has 1 saturated heterocycles. The maximum absolute atomic E-state index is 11.8. The zero-order chi connectivity index (χ0) is 19.0. The fourth-order valence-electron chi connectivity index (χ4n) is 2.66. The Morgan fingerprint density at radius 1 is 1.30 bits per heavy atom. The van der Waals surface area contributed by atoms with E-state index >= 15 is 0 Å². The molecule has 1 fully saturated rings. The third-order valence-corrected chi connectivity index (χ3v) is 4.92. The van der Waals surface area contributed by atoms with Crippen molar-refractivity contribution in [3.63, 3.8) is 0 Å². The molecular weight excluding hydrogens is 382 g/mol. The average molecular weight is 397 g/mol. The van der Waals surface area contributed by atoms with Crippen molar-refractivity contribution in [2.24, 2.45) is 0 Å². The maximum atomic E-state index is 11.8. The van der Waals surface area contributed by atoms with Crippen LogP contribution >= 0.6 is 24.0 Å². The molecule has 3 aromatic rings. The molecule has 8 heteroatoms. The van der Waals surface area contributed by atoms with E-state index in [1.165, 1.54) is 11.8 Å². The van der Waals surface area contributed by atoms with E-state index in [4.69, 9.17) is 21.4 Å². The van der Waals surface area contributed by atoms with E-state index < -0.39 is 0 Å². The van der Waals surface area contributed by atoms with E-state index in [2.05, 4.69) is 15.3 Å². The summed E-state index contributed by atoms with van der Waals surface area (Å²) in [6.07, 6.45) is 6.93. The molecule has 0 unspecified atom stereocenters. The molecule has 136 valence electrons. The molecule has 6 nitrogen and oxygen atoms in total. The van der Waals surface area contributed by atoms with E-state index in [0.29, 0.717) is 26.4 Å². The van der Waals surface area contributed by atoms with Gasteiger partial charge < -0.3 is 14.5 Å². The van der Waals surface area contributed by atoms with Crippen LogP contribution in [-0.4, -0.2) is 26.3 Å². The number of carbonyl (C=O) groups is 1. The van der Waals surface area contributed by atoms with Gasteiger partial charge in [-0.3, -0.25) is 9.78 Å². The van der Waals surface area contributed by atoms with Crippen molar-refractivity contribution >= 4 is 51.3 Å². The van der Waals surface area contributed by atoms with Gasteiger partial charge in [-0.15, -0.1) is 0 Å². The highest BCUT2D eigenvalue weighted by Crippen LogP contribution is 2.33. The molecule has 1 aliphatic rings. The van der Waals surface area contributed by atoms with Gasteiger partial charge in [-0.2, -0.15) is 0 Å². The van der Waals surface area contributed by atoms with Crippen LogP contribution in [0.25, 0.3) is 28.2 Å². The van der Waals surface area contributed by atoms with Crippen LogP contribution in [-0.2, 0) is 4.79 Å². The molecule has 0 saturated carbocycles. The highest BCUT2D eigenvalue weighted by Gasteiger charge is 2.23. The fourth-order valence-corrected chi connectivity index (χ4v) is 3.68. The monoisotopic (exact) mass is 397 g/mol. The van der Waals surface area contributed by atoms with Crippen LogP contribution in [0.5, 0.6) is 5.88 Å². The Labute approximate surface area is 165 Å². The number of hydrogen-bond donors (Lipinski definition) is 1. The molecule has 1 N–H and O–H groups in total. The van der Waals surface area contributed by atoms with Crippen LogP contribution in [0.15, 0.2) is 46.1 Å². The van der Waals surface area contributed by atoms with Crippen LogP contribution in [0.3, 0.4) is 0 Å². The summed E-state index contributed by atoms with van der Waals surface area (Å²) in [5.41, 5.74) is 2.37. The molecule has 0 aromatic carbocycles. The summed E-state index contributed by atoms with van der Waals surface area (Å²) >= 11 is 6.22. The minimum absolute atomic E-state index is 0.0626. The average Bonchev–Trinajstić information content (AvgIpc) is 3.17. The van der Waals surface area contributed by atoms with E-state index in [-0.39, 0.29) is 12.0 Å². The van der Waals surface area contributed by atoms with Gasteiger partial charge in [0, 0.05) is 47.2 Å². The largest absolute Gasteiger partial charge is 0.475 e. The van der Waals surface area contributed by atoms with Gasteiger partial charge in [0.15, 0.2) is 0 Å². The number of pyridine rings is 2. The number of fused-ring (bicyclic) bond motifs is 1. The standard InChI is InChI=1S/C19H15N3O3S2/c1-10(2)24-16-4-3-11(8-21-16)14-9-20-7-12-5-13(25-17(12)14)6-15-18(23)22-19(26)27-15/h3-10H,1-2H3,(H,22,23,26). The summed E-state index contributed by atoms with van der Waals surface area (Å²) in [6.45, 7) is 3.91. The highest BCUT2D eigenvalue weighted by atomic mass is 32.2. The fraction of sp³-hybridized carbons (Fsp3) is 0.158. The lowest BCUT2D eigenvalue weighted by Gasteiger charge is -2.09. The lowest BCUT2D eigenvalue weighted by molar-refractivity contribution is -0.115. The highest BCUT2D eigenvalue weighted by molar-refractivity contribution is 8.26. The minimum atomic E-state index is -0.214. The number of hydrogen-bond acceptors (Lipinski definition) is 7. The number of thiocarbonyl (C=S) groups is 1. The zero-order valence-corrected chi connectivity index (χ0v) is 16.2. The Morgan fingerprint density at radius 2 is 2.15 bits per heavy atom. The molecule has 27 heavy (non-hydrogen) atoms. The van der Waals surface area contributed by atoms with Gasteiger partial charge >= 0.3 is 0 Å². The van der Waals surface area contributed by atoms with E-state index in [1.54, 1.807) is 24.7 Å². The maximum Gasteiger partial charge on any atom is 0.263 e. The molecular formula is C19H15N3O3S2. The number of carbonyl (C=O) groups excluding carboxylic acids is 1. The van der Waals surface area contributed by atoms with Crippen LogP contribution in [0.1, 0.15) is 19.6 Å². The number of ether oxygens (including phenoxy) is 1. The second-order valence-corrected chi connectivity index (χ2v) is 7.88. The van der Waals surface area contributed by atoms with Crippen LogP contribution in [0, 0.1) is 0 Å². The number of amides is 1. The van der Waals surface area contributed by atoms with Crippen molar-refractivity contribution in [1.82, 2.24) is 15.3 Å². The lowest BCUT2D eigenvalue weighted by Crippen LogP contribution is -2.17. The lowest BCUT2D eigenvalue weighted by atomic mass is 10.1. The van der Waals surface area contributed by atoms with Crippen LogP contribution in [0.4, 0.5) is 0 Å². The second kappa shape index (κ2) is 7.13. The summed E-state index contributed by atoms with van der Waals surface area (Å²) in [7, 11) is 0. The Balaban J connectivity index is 1.70. The minimum Gasteiger partial charge on any atom is -0.475 e. The number of nitrogens with zero attached hydrogens (tertiary/aromatic N) is 2. The summed E-state index contributed by atoms with van der Waals surface area (Å²) in [4.78, 5) is 21.0. The van der Waals surface area contributed by atoms with Crippen molar-refractivity contribution < 1.29 is 13.9 Å². The molecule has 0 spiro atoms. The van der Waals surface area contributed by atoms with Crippen LogP contribution < -0.4 is 10.1 Å². The number of thioether (sulfide) groups is 1. The van der Waals surface area contributed by atoms with E-state index in [0.717, 1.165) is 16.5 Å². The molecule has 0 bridgehead atoms. The SMILES string of the molecule is CC(C)Oc1ccc(-c2cncc3cc(C=C4SC(=S)NC4=O)oc23)cn1. The first kappa shape index (κ1) is 17.7. The Kier molecular flexibility index (Phi) is 4.67. The number of aromatic nitrogens is 2. The molecule has 4 heterocycles. The first-order valence-electron chi connectivity index (χ1n) is 8.25. The smallest absolute Gasteiger partial charge is 0.263 e. The van der Waals surface area contributed by atoms with Crippen molar-refractivity contribution in [1.29, 1.82) is 0 Å². The van der Waals surface area contributed by atoms with Gasteiger partial charge in [-0.25, -0.2) is 4.98 Å². The molecule has 0 radical (unpaired) electrons. The summed E-state index contributed by atoms with van der Waals surface area (Å²) in [6, 6.07) is 5.58. The van der Waals surface area contributed by atoms with Crippen molar-refractivity contribution in [3.05, 3.63) is 47.5 Å². The third kappa shape index (κ3) is 3.72. The summed E-state index contributed by atoms with van der Waals surface area (Å²) in [5.74, 6) is 0.919. The molecule has 1 aliphatic heterocycles. The van der Waals surface area contributed by atoms with Gasteiger partial charge in [-0.1, -0.05) is 24.0 Å². The van der Waals surface area contributed by atoms with Crippen molar-refractivity contribution in [2.45, 2.75) is 20.0 Å². The predicted octanol–water partition coefficient (Wildman–Crippen LogP) is 4.17. The first-order chi connectivity index (χ1) is 13.0. The normalized spacial score (nSPS) is 15.7. The zero-order valence-electron chi connectivity index (χ0n) is 14.6.